The third kappa shape index (κ3) is 4.62. The van der Waals surface area contributed by atoms with Crippen molar-refractivity contribution in [3.8, 4) is 11.1 Å². The van der Waals surface area contributed by atoms with E-state index >= 15 is 0 Å². The van der Waals surface area contributed by atoms with Gasteiger partial charge in [0.2, 0.25) is 0 Å². The van der Waals surface area contributed by atoms with Crippen LogP contribution in [0.4, 0.5) is 4.39 Å². The average Bonchev–Trinajstić information content (AvgIpc) is 2.83. The van der Waals surface area contributed by atoms with Gasteiger partial charge in [0.25, 0.3) is 5.56 Å². The Labute approximate surface area is 212 Å². The molecule has 1 unspecified atom stereocenters. The number of aliphatic carboxylic acids is 1. The molecule has 0 aliphatic heterocycles. The van der Waals surface area contributed by atoms with E-state index in [4.69, 9.17) is 16.7 Å². The molecule has 0 spiro atoms. The Hall–Kier alpha value is -3.96. The molecule has 4 aromatic rings. The molecule has 0 saturated heterocycles. The van der Waals surface area contributed by atoms with Crippen molar-refractivity contribution in [3.05, 3.63) is 123 Å². The molecule has 1 aromatic heterocycles. The van der Waals surface area contributed by atoms with Crippen molar-refractivity contribution in [2.75, 3.05) is 0 Å². The van der Waals surface area contributed by atoms with Crippen molar-refractivity contribution in [3.63, 3.8) is 0 Å². The lowest BCUT2D eigenvalue weighted by Gasteiger charge is -2.30. The molecule has 0 radical (unpaired) electrons. The van der Waals surface area contributed by atoms with Gasteiger partial charge in [-0.3, -0.25) is 9.59 Å². The van der Waals surface area contributed by atoms with E-state index in [-0.39, 0.29) is 23.2 Å². The van der Waals surface area contributed by atoms with Gasteiger partial charge in [-0.25, -0.2) is 4.39 Å². The summed E-state index contributed by atoms with van der Waals surface area (Å²) >= 11 is 6.70. The van der Waals surface area contributed by atoms with Crippen molar-refractivity contribution >= 4 is 34.0 Å². The molecule has 4 nitrogen and oxygen atoms in total. The van der Waals surface area contributed by atoms with Gasteiger partial charge in [0, 0.05) is 21.5 Å². The minimum absolute atomic E-state index is 0.116. The summed E-state index contributed by atoms with van der Waals surface area (Å²) in [5.74, 6) is -1.20. The molecule has 6 heteroatoms. The van der Waals surface area contributed by atoms with Crippen molar-refractivity contribution < 1.29 is 14.3 Å². The third-order valence-corrected chi connectivity index (χ3v) is 6.99. The second kappa shape index (κ2) is 9.25. The monoisotopic (exact) mass is 499 g/mol. The smallest absolute Gasteiger partial charge is 0.307 e. The molecule has 0 saturated carbocycles. The van der Waals surface area contributed by atoms with E-state index < -0.39 is 5.97 Å². The normalized spacial score (nSPS) is 17.2. The second-order valence-corrected chi connectivity index (χ2v) is 9.73. The maximum absolute atomic E-state index is 13.7. The first-order valence-electron chi connectivity index (χ1n) is 11.6. The third-order valence-electron chi connectivity index (χ3n) is 6.68. The minimum Gasteiger partial charge on any atom is -0.481 e. The summed E-state index contributed by atoms with van der Waals surface area (Å²) in [7, 11) is 0. The molecule has 0 bridgehead atoms. The first kappa shape index (κ1) is 23.8. The van der Waals surface area contributed by atoms with Gasteiger partial charge in [-0.05, 0) is 70.0 Å². The van der Waals surface area contributed by atoms with E-state index in [2.05, 4.69) is 24.1 Å². The Morgan fingerprint density at radius 3 is 2.58 bits per heavy atom. The van der Waals surface area contributed by atoms with E-state index in [9.17, 15) is 14.0 Å². The Bertz CT molecular complexity index is 1640. The predicted octanol–water partition coefficient (Wildman–Crippen LogP) is 6.92. The van der Waals surface area contributed by atoms with Crippen LogP contribution in [0, 0.1) is 5.82 Å². The van der Waals surface area contributed by atoms with E-state index in [1.165, 1.54) is 12.1 Å². The number of hydrogen-bond donors (Lipinski definition) is 2. The largest absolute Gasteiger partial charge is 0.481 e. The van der Waals surface area contributed by atoms with Crippen molar-refractivity contribution in [1.82, 2.24) is 4.98 Å². The van der Waals surface area contributed by atoms with E-state index in [0.717, 1.165) is 22.1 Å². The Morgan fingerprint density at radius 1 is 1.08 bits per heavy atom. The van der Waals surface area contributed by atoms with Crippen LogP contribution in [0.3, 0.4) is 0 Å². The average molecular weight is 500 g/mol. The van der Waals surface area contributed by atoms with Gasteiger partial charge in [0.1, 0.15) is 5.82 Å². The highest BCUT2D eigenvalue weighted by Crippen LogP contribution is 2.41. The number of pyridine rings is 1. The standard InChI is InChI=1S/C30H23ClFNO3/c1-30(10-8-19(9-11-30)20-5-3-7-23(32)14-20)25-16-22-15-24(29(36)33-27(22)17-26(25)31)21-6-2-4-18(12-21)13-28(34)35/h2-10,12,14-17H,11,13H2,1H3,(H,33,36)(H,34,35). The van der Waals surface area contributed by atoms with Crippen LogP contribution < -0.4 is 5.56 Å². The summed E-state index contributed by atoms with van der Waals surface area (Å²) in [4.78, 5) is 26.9. The van der Waals surface area contributed by atoms with Crippen LogP contribution in [-0.2, 0) is 16.6 Å². The first-order chi connectivity index (χ1) is 17.2. The fraction of sp³-hybridized carbons (Fsp3) is 0.133. The quantitative estimate of drug-likeness (QED) is 0.313. The van der Waals surface area contributed by atoms with E-state index in [1.54, 1.807) is 36.4 Å². The number of aromatic nitrogens is 1. The number of rotatable bonds is 5. The predicted molar refractivity (Wildman–Crippen MR) is 142 cm³/mol. The highest BCUT2D eigenvalue weighted by molar-refractivity contribution is 6.32. The highest BCUT2D eigenvalue weighted by atomic mass is 35.5. The number of fused-ring (bicyclic) bond motifs is 1. The summed E-state index contributed by atoms with van der Waals surface area (Å²) in [6.07, 6.45) is 6.72. The number of aromatic amines is 1. The lowest BCUT2D eigenvalue weighted by atomic mass is 9.75. The molecule has 1 heterocycles. The Morgan fingerprint density at radius 2 is 1.86 bits per heavy atom. The molecular weight excluding hydrogens is 477 g/mol. The molecule has 180 valence electrons. The van der Waals surface area contributed by atoms with Crippen LogP contribution in [0.2, 0.25) is 5.02 Å². The Balaban J connectivity index is 1.53. The van der Waals surface area contributed by atoms with Gasteiger partial charge in [-0.1, -0.05) is 73.2 Å². The Kier molecular flexibility index (Phi) is 6.10. The second-order valence-electron chi connectivity index (χ2n) is 9.33. The number of H-pyrrole nitrogens is 1. The van der Waals surface area contributed by atoms with Gasteiger partial charge in [-0.15, -0.1) is 0 Å². The van der Waals surface area contributed by atoms with Crippen LogP contribution in [0.5, 0.6) is 0 Å². The molecule has 0 fully saturated rings. The minimum atomic E-state index is -0.928. The molecule has 2 N–H and O–H groups in total. The summed E-state index contributed by atoms with van der Waals surface area (Å²) in [5, 5.41) is 10.5. The molecule has 1 atom stereocenters. The highest BCUT2D eigenvalue weighted by Gasteiger charge is 2.28. The molecule has 5 rings (SSSR count). The van der Waals surface area contributed by atoms with Gasteiger partial charge in [0.05, 0.1) is 6.42 Å². The molecule has 1 aliphatic rings. The zero-order valence-electron chi connectivity index (χ0n) is 19.5. The fourth-order valence-corrected chi connectivity index (χ4v) is 5.10. The lowest BCUT2D eigenvalue weighted by molar-refractivity contribution is -0.136. The van der Waals surface area contributed by atoms with Gasteiger partial charge in [-0.2, -0.15) is 0 Å². The SMILES string of the molecule is CC1(c2cc3cc(-c4cccc(CC(=O)O)c4)c(=O)[nH]c3cc2Cl)C=CC(c2cccc(F)c2)=CC1. The van der Waals surface area contributed by atoms with Crippen LogP contribution in [-0.4, -0.2) is 16.1 Å². The summed E-state index contributed by atoms with van der Waals surface area (Å²) in [6, 6.07) is 19.1. The van der Waals surface area contributed by atoms with Gasteiger partial charge >= 0.3 is 5.97 Å². The number of carboxylic acid groups (broad SMARTS) is 1. The maximum Gasteiger partial charge on any atom is 0.307 e. The fourth-order valence-electron chi connectivity index (χ4n) is 4.72. The van der Waals surface area contributed by atoms with Crippen LogP contribution in [0.25, 0.3) is 27.6 Å². The summed E-state index contributed by atoms with van der Waals surface area (Å²) in [5.41, 5.74) is 4.39. The van der Waals surface area contributed by atoms with E-state index in [0.29, 0.717) is 33.7 Å². The summed E-state index contributed by atoms with van der Waals surface area (Å²) in [6.45, 7) is 2.09. The summed E-state index contributed by atoms with van der Waals surface area (Å²) < 4.78 is 13.7. The zero-order chi connectivity index (χ0) is 25.4. The van der Waals surface area contributed by atoms with Crippen LogP contribution in [0.1, 0.15) is 30.0 Å². The number of hydrogen-bond acceptors (Lipinski definition) is 2. The van der Waals surface area contributed by atoms with Gasteiger partial charge in [0.15, 0.2) is 0 Å². The van der Waals surface area contributed by atoms with Crippen molar-refractivity contribution in [2.24, 2.45) is 0 Å². The number of carbonyl (C=O) groups is 1. The topological polar surface area (TPSA) is 70.2 Å². The number of halogens is 2. The van der Waals surface area contributed by atoms with Crippen LogP contribution >= 0.6 is 11.6 Å². The lowest BCUT2D eigenvalue weighted by Crippen LogP contribution is -2.21. The number of carboxylic acids is 1. The molecule has 36 heavy (non-hydrogen) atoms. The maximum atomic E-state index is 13.7. The number of allylic oxidation sites excluding steroid dienone is 4. The van der Waals surface area contributed by atoms with E-state index in [1.807, 2.05) is 24.3 Å². The van der Waals surface area contributed by atoms with Crippen molar-refractivity contribution in [2.45, 2.75) is 25.2 Å². The van der Waals surface area contributed by atoms with Gasteiger partial charge < -0.3 is 10.1 Å². The molecule has 1 aliphatic carbocycles. The molecule has 3 aromatic carbocycles. The first-order valence-corrected chi connectivity index (χ1v) is 11.9. The van der Waals surface area contributed by atoms with Crippen molar-refractivity contribution in [1.29, 1.82) is 0 Å². The zero-order valence-corrected chi connectivity index (χ0v) is 20.3. The number of benzene rings is 3. The van der Waals surface area contributed by atoms with Crippen LogP contribution in [0.15, 0.2) is 89.8 Å². The molecule has 0 amide bonds. The molecular formula is C30H23ClFNO3. The number of nitrogens with one attached hydrogen (secondary N) is 1.